The minimum Gasteiger partial charge on any atom is -0.657 e. The van der Waals surface area contributed by atoms with Crippen molar-refractivity contribution in [3.05, 3.63) is 5.32 Å². The monoisotopic (exact) mass is 297 g/mol. The molecule has 2 unspecified atom stereocenters. The van der Waals surface area contributed by atoms with Gasteiger partial charge in [-0.15, -0.1) is 12.1 Å². The first-order valence-electron chi connectivity index (χ1n) is 5.80. The molecule has 0 aliphatic carbocycles. The number of carbonyl (C=O) groups is 1. The van der Waals surface area contributed by atoms with E-state index in [1.54, 1.807) is 0 Å². The second-order valence-electron chi connectivity index (χ2n) is 5.36. The van der Waals surface area contributed by atoms with Crippen LogP contribution in [0.25, 0.3) is 5.32 Å². The van der Waals surface area contributed by atoms with E-state index in [-0.39, 0.29) is 44.3 Å². The van der Waals surface area contributed by atoms with E-state index in [0.29, 0.717) is 12.1 Å². The number of nitrogens with zero attached hydrogens (tertiary/aromatic N) is 3. The Hall–Kier alpha value is 0.334. The SMILES string of the molecule is CN1CC2(CC3CCC(C2)[N-]3)N(C)C1=O.[Y]. The quantitative estimate of drug-likeness (QED) is 0.666. The van der Waals surface area contributed by atoms with Gasteiger partial charge in [0.25, 0.3) is 0 Å². The van der Waals surface area contributed by atoms with Crippen LogP contribution in [0.1, 0.15) is 25.7 Å². The van der Waals surface area contributed by atoms with Gasteiger partial charge in [-0.3, -0.25) is 0 Å². The number of likely N-dealkylation sites (N-methyl/N-ethyl adjacent to an activating group) is 2. The maximum atomic E-state index is 11.8. The van der Waals surface area contributed by atoms with Crippen molar-refractivity contribution in [2.45, 2.75) is 43.3 Å². The molecule has 3 fully saturated rings. The maximum absolute atomic E-state index is 11.8. The van der Waals surface area contributed by atoms with Gasteiger partial charge in [0, 0.05) is 53.3 Å². The normalized spacial score (nSPS) is 41.8. The molecule has 1 radical (unpaired) electrons. The Balaban J connectivity index is 0.000000963. The summed E-state index contributed by atoms with van der Waals surface area (Å²) in [6, 6.07) is 1.22. The summed E-state index contributed by atoms with van der Waals surface area (Å²) in [5.41, 5.74) is 0.0966. The van der Waals surface area contributed by atoms with E-state index < -0.39 is 0 Å². The molecule has 3 saturated heterocycles. The molecule has 0 aromatic carbocycles. The standard InChI is InChI=1S/C11H18N3O.Y/c1-13-7-11(14(2)10(13)15)5-8-3-4-9(6-11)12-8;/h8-9H,3-7H2,1-2H3;/q-1;. The predicted octanol–water partition coefficient (Wildman–Crippen LogP) is 1.42. The van der Waals surface area contributed by atoms with Gasteiger partial charge < -0.3 is 15.1 Å². The van der Waals surface area contributed by atoms with Gasteiger partial charge in [-0.25, -0.2) is 4.79 Å². The Morgan fingerprint density at radius 3 is 2.25 bits per heavy atom. The zero-order valence-electron chi connectivity index (χ0n) is 10.0. The fraction of sp³-hybridized carbons (Fsp3) is 0.909. The molecular weight excluding hydrogens is 279 g/mol. The van der Waals surface area contributed by atoms with Gasteiger partial charge >= 0.3 is 6.03 Å². The van der Waals surface area contributed by atoms with Crippen LogP contribution in [-0.2, 0) is 32.7 Å². The molecule has 2 atom stereocenters. The summed E-state index contributed by atoms with van der Waals surface area (Å²) < 4.78 is 0. The molecule has 0 saturated carbocycles. The fourth-order valence-corrected chi connectivity index (χ4v) is 3.58. The minimum atomic E-state index is 0. The summed E-state index contributed by atoms with van der Waals surface area (Å²) in [4.78, 5) is 15.7. The Morgan fingerprint density at radius 2 is 1.81 bits per heavy atom. The Morgan fingerprint density at radius 1 is 1.25 bits per heavy atom. The Kier molecular flexibility index (Phi) is 3.37. The van der Waals surface area contributed by atoms with Crippen molar-refractivity contribution < 1.29 is 37.5 Å². The second kappa shape index (κ2) is 4.22. The summed E-state index contributed by atoms with van der Waals surface area (Å²) in [5.74, 6) is 0. The van der Waals surface area contributed by atoms with E-state index in [2.05, 4.69) is 0 Å². The van der Waals surface area contributed by atoms with E-state index in [4.69, 9.17) is 5.32 Å². The van der Waals surface area contributed by atoms with E-state index in [0.717, 1.165) is 19.4 Å². The Labute approximate surface area is 122 Å². The van der Waals surface area contributed by atoms with Crippen molar-refractivity contribution in [3.8, 4) is 0 Å². The number of carbonyl (C=O) groups excluding carboxylic acids is 1. The molecule has 5 heteroatoms. The first-order valence-corrected chi connectivity index (χ1v) is 5.80. The Bertz CT molecular complexity index is 298. The van der Waals surface area contributed by atoms with Gasteiger partial charge in [0.2, 0.25) is 0 Å². The smallest absolute Gasteiger partial charge is 0.320 e. The van der Waals surface area contributed by atoms with Gasteiger partial charge in [-0.1, -0.05) is 12.8 Å². The van der Waals surface area contributed by atoms with Crippen molar-refractivity contribution in [3.63, 3.8) is 0 Å². The van der Waals surface area contributed by atoms with Crippen molar-refractivity contribution in [2.24, 2.45) is 0 Å². The molecule has 0 N–H and O–H groups in total. The average Bonchev–Trinajstić information content (AvgIpc) is 2.63. The van der Waals surface area contributed by atoms with Crippen molar-refractivity contribution in [1.82, 2.24) is 9.80 Å². The molecule has 0 aromatic heterocycles. The van der Waals surface area contributed by atoms with Gasteiger partial charge in [-0.05, 0) is 12.8 Å². The van der Waals surface area contributed by atoms with Crippen LogP contribution in [0.3, 0.4) is 0 Å². The molecule has 2 amide bonds. The summed E-state index contributed by atoms with van der Waals surface area (Å²) >= 11 is 0. The largest absolute Gasteiger partial charge is 0.657 e. The van der Waals surface area contributed by atoms with Crippen LogP contribution >= 0.6 is 0 Å². The van der Waals surface area contributed by atoms with Crippen LogP contribution in [0.4, 0.5) is 4.79 Å². The molecule has 3 rings (SSSR count). The van der Waals surface area contributed by atoms with Gasteiger partial charge in [0.15, 0.2) is 0 Å². The number of hydrogen-bond acceptors (Lipinski definition) is 1. The topological polar surface area (TPSA) is 37.7 Å². The van der Waals surface area contributed by atoms with Crippen LogP contribution in [0.5, 0.6) is 0 Å². The van der Waals surface area contributed by atoms with Crippen LogP contribution in [-0.4, -0.2) is 54.1 Å². The first-order chi connectivity index (χ1) is 7.11. The van der Waals surface area contributed by atoms with Gasteiger partial charge in [-0.2, -0.15) is 0 Å². The fourth-order valence-electron chi connectivity index (χ4n) is 3.58. The van der Waals surface area contributed by atoms with Crippen molar-refractivity contribution in [2.75, 3.05) is 20.6 Å². The zero-order chi connectivity index (χ0) is 10.6. The molecule has 0 aromatic rings. The van der Waals surface area contributed by atoms with Crippen LogP contribution in [0, 0.1) is 0 Å². The van der Waals surface area contributed by atoms with E-state index in [1.165, 1.54) is 12.8 Å². The maximum Gasteiger partial charge on any atom is 0.320 e. The first kappa shape index (κ1) is 12.8. The number of urea groups is 1. The van der Waals surface area contributed by atoms with E-state index in [1.807, 2.05) is 23.9 Å². The molecule has 87 valence electrons. The molecule has 4 nitrogen and oxygen atoms in total. The van der Waals surface area contributed by atoms with Crippen molar-refractivity contribution >= 4 is 6.03 Å². The summed E-state index contributed by atoms with van der Waals surface area (Å²) in [6.07, 6.45) is 4.63. The van der Waals surface area contributed by atoms with E-state index in [9.17, 15) is 4.79 Å². The third-order valence-corrected chi connectivity index (χ3v) is 4.34. The van der Waals surface area contributed by atoms with Crippen LogP contribution in [0.2, 0.25) is 0 Å². The number of fused-ring (bicyclic) bond motifs is 2. The van der Waals surface area contributed by atoms with Gasteiger partial charge in [0.05, 0.1) is 5.54 Å². The third-order valence-electron chi connectivity index (χ3n) is 4.34. The van der Waals surface area contributed by atoms with Crippen molar-refractivity contribution in [1.29, 1.82) is 0 Å². The number of rotatable bonds is 0. The zero-order valence-corrected chi connectivity index (χ0v) is 12.9. The molecule has 1 spiro atoms. The van der Waals surface area contributed by atoms with E-state index >= 15 is 0 Å². The minimum absolute atomic E-state index is 0. The third kappa shape index (κ3) is 1.73. The molecule has 3 aliphatic heterocycles. The average molecular weight is 297 g/mol. The number of hydrogen-bond donors (Lipinski definition) is 0. The number of amides is 2. The summed E-state index contributed by atoms with van der Waals surface area (Å²) in [5, 5.41) is 4.74. The van der Waals surface area contributed by atoms with Crippen LogP contribution in [0.15, 0.2) is 0 Å². The molecule has 3 aliphatic rings. The molecule has 2 bridgehead atoms. The molecular formula is C11H18N3OY-. The van der Waals surface area contributed by atoms with Gasteiger partial charge in [0.1, 0.15) is 0 Å². The molecule has 3 heterocycles. The summed E-state index contributed by atoms with van der Waals surface area (Å²) in [7, 11) is 3.86. The molecule has 16 heavy (non-hydrogen) atoms. The second-order valence-corrected chi connectivity index (χ2v) is 5.36. The summed E-state index contributed by atoms with van der Waals surface area (Å²) in [6.45, 7) is 0.894. The van der Waals surface area contributed by atoms with Crippen LogP contribution < -0.4 is 0 Å². The number of piperidine rings is 1. The predicted molar refractivity (Wildman–Crippen MR) is 57.9 cm³/mol.